The molecule has 1 saturated heterocycles. The van der Waals surface area contributed by atoms with E-state index in [1.807, 2.05) is 23.5 Å². The molecule has 6 nitrogen and oxygen atoms in total. The zero-order valence-corrected chi connectivity index (χ0v) is 15.4. The van der Waals surface area contributed by atoms with Crippen molar-refractivity contribution in [1.82, 2.24) is 20.3 Å². The molecule has 3 heterocycles. The first-order valence-corrected chi connectivity index (χ1v) is 9.56. The highest BCUT2D eigenvalue weighted by Gasteiger charge is 2.34. The lowest BCUT2D eigenvalue weighted by atomic mass is 10.2. The summed E-state index contributed by atoms with van der Waals surface area (Å²) in [6.45, 7) is -0.783. The van der Waals surface area contributed by atoms with Gasteiger partial charge in [-0.1, -0.05) is 0 Å². The van der Waals surface area contributed by atoms with Crippen LogP contribution in [-0.2, 0) is 4.79 Å². The number of thiazole rings is 1. The number of anilines is 1. The summed E-state index contributed by atoms with van der Waals surface area (Å²) in [5.41, 5.74) is 3.47. The summed E-state index contributed by atoms with van der Waals surface area (Å²) in [6, 6.07) is 6.71. The molecule has 1 aliphatic heterocycles. The van der Waals surface area contributed by atoms with Crippen molar-refractivity contribution in [2.24, 2.45) is 0 Å². The van der Waals surface area contributed by atoms with Gasteiger partial charge in [-0.15, -0.1) is 11.3 Å². The monoisotopic (exact) mass is 409 g/mol. The highest BCUT2D eigenvalue weighted by Crippen LogP contribution is 2.28. The second-order valence-electron chi connectivity index (χ2n) is 6.46. The Balaban J connectivity index is 0.00000240. The summed E-state index contributed by atoms with van der Waals surface area (Å²) in [4.78, 5) is 27.1. The molecule has 0 radical (unpaired) electrons. The van der Waals surface area contributed by atoms with E-state index in [1.165, 1.54) is 11.3 Å². The number of benzene rings is 1. The number of nitrogens with zero attached hydrogens (tertiary/aromatic N) is 4. The SMILES string of the molecule is O=C(NCC(F)(F)F)[C@H]1CCCN1c1ccnc(-c2ccc3ncsc3c2)n1.[HH]. The molecule has 148 valence electrons. The first-order chi connectivity index (χ1) is 13.4. The van der Waals surface area contributed by atoms with Gasteiger partial charge in [-0.3, -0.25) is 4.79 Å². The first-order valence-electron chi connectivity index (χ1n) is 8.68. The van der Waals surface area contributed by atoms with Crippen LogP contribution in [0.3, 0.4) is 0 Å². The fourth-order valence-corrected chi connectivity index (χ4v) is 3.98. The lowest BCUT2D eigenvalue weighted by Gasteiger charge is -2.25. The Morgan fingerprint density at radius 2 is 2.18 bits per heavy atom. The first kappa shape index (κ1) is 18.6. The van der Waals surface area contributed by atoms with E-state index in [0.29, 0.717) is 31.0 Å². The second kappa shape index (κ2) is 7.34. The van der Waals surface area contributed by atoms with Crippen LogP contribution in [0.1, 0.15) is 14.3 Å². The number of hydrogen-bond acceptors (Lipinski definition) is 6. The molecule has 2 aromatic heterocycles. The van der Waals surface area contributed by atoms with E-state index in [0.717, 1.165) is 15.8 Å². The van der Waals surface area contributed by atoms with Gasteiger partial charge in [-0.25, -0.2) is 15.0 Å². The Labute approximate surface area is 163 Å². The number of alkyl halides is 3. The van der Waals surface area contributed by atoms with Crippen molar-refractivity contribution >= 4 is 33.3 Å². The van der Waals surface area contributed by atoms with Gasteiger partial charge in [-0.2, -0.15) is 13.2 Å². The van der Waals surface area contributed by atoms with Gasteiger partial charge in [0.1, 0.15) is 18.4 Å². The quantitative estimate of drug-likeness (QED) is 0.712. The normalized spacial score (nSPS) is 17.2. The number of amides is 1. The van der Waals surface area contributed by atoms with Crippen LogP contribution in [0.15, 0.2) is 36.0 Å². The maximum Gasteiger partial charge on any atom is 0.405 e. The zero-order valence-electron chi connectivity index (χ0n) is 14.6. The fraction of sp³-hybridized carbons (Fsp3) is 0.333. The molecule has 10 heteroatoms. The molecule has 28 heavy (non-hydrogen) atoms. The lowest BCUT2D eigenvalue weighted by Crippen LogP contribution is -2.46. The summed E-state index contributed by atoms with van der Waals surface area (Å²) in [7, 11) is 0. The molecule has 4 rings (SSSR count). The highest BCUT2D eigenvalue weighted by molar-refractivity contribution is 7.16. The third-order valence-electron chi connectivity index (χ3n) is 4.54. The van der Waals surface area contributed by atoms with Gasteiger partial charge in [0.05, 0.1) is 15.7 Å². The van der Waals surface area contributed by atoms with Crippen molar-refractivity contribution in [2.75, 3.05) is 18.0 Å². The number of hydrogen-bond donors (Lipinski definition) is 1. The Bertz CT molecular complexity index is 1010. The number of aromatic nitrogens is 3. The van der Waals surface area contributed by atoms with Crippen LogP contribution in [-0.4, -0.2) is 46.2 Å². The van der Waals surface area contributed by atoms with E-state index >= 15 is 0 Å². The Morgan fingerprint density at radius 1 is 1.32 bits per heavy atom. The van der Waals surface area contributed by atoms with Crippen LogP contribution in [0.5, 0.6) is 0 Å². The maximum absolute atomic E-state index is 12.4. The molecular weight excluding hydrogens is 391 g/mol. The van der Waals surface area contributed by atoms with Gasteiger partial charge in [0.15, 0.2) is 5.82 Å². The minimum Gasteiger partial charge on any atom is -0.345 e. The largest absolute Gasteiger partial charge is 0.405 e. The summed E-state index contributed by atoms with van der Waals surface area (Å²) < 4.78 is 38.2. The molecule has 1 N–H and O–H groups in total. The van der Waals surface area contributed by atoms with Crippen LogP contribution in [0.2, 0.25) is 0 Å². The summed E-state index contributed by atoms with van der Waals surface area (Å²) in [5, 5.41) is 1.97. The van der Waals surface area contributed by atoms with Crippen LogP contribution in [0, 0.1) is 0 Å². The minimum atomic E-state index is -4.43. The Hall–Kier alpha value is -2.75. The summed E-state index contributed by atoms with van der Waals surface area (Å²) >= 11 is 1.52. The van der Waals surface area contributed by atoms with E-state index < -0.39 is 24.7 Å². The predicted octanol–water partition coefficient (Wildman–Crippen LogP) is 3.65. The van der Waals surface area contributed by atoms with Crippen molar-refractivity contribution in [3.05, 3.63) is 36.0 Å². The molecule has 1 amide bonds. The number of carbonyl (C=O) groups excluding carboxylic acids is 1. The molecule has 1 aromatic carbocycles. The van der Waals surface area contributed by atoms with E-state index in [2.05, 4.69) is 15.0 Å². The average Bonchev–Trinajstić information content (AvgIpc) is 3.34. The van der Waals surface area contributed by atoms with Crippen molar-refractivity contribution in [3.8, 4) is 11.4 Å². The molecule has 0 unspecified atom stereocenters. The molecular formula is C18H18F3N5OS. The van der Waals surface area contributed by atoms with E-state index in [9.17, 15) is 18.0 Å². The van der Waals surface area contributed by atoms with E-state index in [4.69, 9.17) is 0 Å². The van der Waals surface area contributed by atoms with E-state index in [1.54, 1.807) is 22.7 Å². The molecule has 3 aromatic rings. The zero-order chi connectivity index (χ0) is 19.7. The molecule has 1 atom stereocenters. The van der Waals surface area contributed by atoms with Gasteiger partial charge >= 0.3 is 6.18 Å². The van der Waals surface area contributed by atoms with Crippen molar-refractivity contribution < 1.29 is 19.4 Å². The number of carbonyl (C=O) groups is 1. The average molecular weight is 409 g/mol. The second-order valence-corrected chi connectivity index (χ2v) is 7.34. The third kappa shape index (κ3) is 3.91. The van der Waals surface area contributed by atoms with Crippen LogP contribution in [0.4, 0.5) is 19.0 Å². The van der Waals surface area contributed by atoms with Gasteiger partial charge in [0.2, 0.25) is 5.91 Å². The topological polar surface area (TPSA) is 71.0 Å². The maximum atomic E-state index is 12.4. The minimum absolute atomic E-state index is 0. The van der Waals surface area contributed by atoms with Crippen LogP contribution < -0.4 is 10.2 Å². The number of nitrogens with one attached hydrogen (secondary N) is 1. The van der Waals surface area contributed by atoms with Crippen LogP contribution in [0.25, 0.3) is 21.6 Å². The van der Waals surface area contributed by atoms with Crippen LogP contribution >= 0.6 is 11.3 Å². The van der Waals surface area contributed by atoms with Gasteiger partial charge in [-0.05, 0) is 37.1 Å². The number of halogens is 3. The highest BCUT2D eigenvalue weighted by atomic mass is 32.1. The van der Waals surface area contributed by atoms with Gasteiger partial charge < -0.3 is 10.2 Å². The number of fused-ring (bicyclic) bond motifs is 1. The van der Waals surface area contributed by atoms with E-state index in [-0.39, 0.29) is 1.43 Å². The third-order valence-corrected chi connectivity index (χ3v) is 5.33. The lowest BCUT2D eigenvalue weighted by molar-refractivity contribution is -0.139. The molecule has 1 aliphatic rings. The number of rotatable bonds is 4. The molecule has 0 aliphatic carbocycles. The van der Waals surface area contributed by atoms with Crippen molar-refractivity contribution in [2.45, 2.75) is 25.1 Å². The molecule has 0 spiro atoms. The van der Waals surface area contributed by atoms with Crippen molar-refractivity contribution in [1.29, 1.82) is 0 Å². The van der Waals surface area contributed by atoms with Gasteiger partial charge in [0.25, 0.3) is 0 Å². The standard InChI is InChI=1S/C18H16F3N5OS.H2/c19-18(20,21)9-23-17(27)13-2-1-7-26(13)15-5-6-22-16(25-15)11-3-4-12-14(8-11)28-10-24-12;/h3-6,8,10,13H,1-2,7,9H2,(H,23,27);1H/t13-;/m1./s1. The summed E-state index contributed by atoms with van der Waals surface area (Å²) in [5.74, 6) is 0.384. The fourth-order valence-electron chi connectivity index (χ4n) is 3.26. The predicted molar refractivity (Wildman–Crippen MR) is 102 cm³/mol. The smallest absolute Gasteiger partial charge is 0.345 e. The summed E-state index contributed by atoms with van der Waals surface area (Å²) in [6.07, 6.45) is -1.65. The Morgan fingerprint density at radius 3 is 3.00 bits per heavy atom. The Kier molecular flexibility index (Phi) is 4.88. The molecule has 0 saturated carbocycles. The molecule has 0 bridgehead atoms. The van der Waals surface area contributed by atoms with Crippen molar-refractivity contribution in [3.63, 3.8) is 0 Å². The van der Waals surface area contributed by atoms with Gasteiger partial charge in [0, 0.05) is 19.7 Å². The molecule has 1 fully saturated rings.